The van der Waals surface area contributed by atoms with Gasteiger partial charge in [0.25, 0.3) is 0 Å². The first-order valence-corrected chi connectivity index (χ1v) is 10.1. The van der Waals surface area contributed by atoms with Gasteiger partial charge in [-0.05, 0) is 29.8 Å². The third-order valence-electron chi connectivity index (χ3n) is 5.25. The third-order valence-corrected chi connectivity index (χ3v) is 5.25. The first kappa shape index (κ1) is 19.8. The zero-order valence-electron chi connectivity index (χ0n) is 16.7. The molecule has 0 aliphatic carbocycles. The SMILES string of the molecule is N#Cc1ccc(CN2CCN(C(=O)CCc3nnc(-c4ccccc4)o3)CC2)cc1. The van der Waals surface area contributed by atoms with Crippen molar-refractivity contribution in [3.63, 3.8) is 0 Å². The van der Waals surface area contributed by atoms with E-state index in [-0.39, 0.29) is 5.91 Å². The number of piperazine rings is 1. The van der Waals surface area contributed by atoms with Crippen molar-refractivity contribution in [2.75, 3.05) is 26.2 Å². The quantitative estimate of drug-likeness (QED) is 0.631. The maximum Gasteiger partial charge on any atom is 0.247 e. The fourth-order valence-electron chi connectivity index (χ4n) is 3.52. The van der Waals surface area contributed by atoms with Gasteiger partial charge in [-0.2, -0.15) is 5.26 Å². The van der Waals surface area contributed by atoms with Crippen LogP contribution in [0.2, 0.25) is 0 Å². The molecular weight excluding hydrogens is 378 g/mol. The van der Waals surface area contributed by atoms with E-state index in [4.69, 9.17) is 9.68 Å². The highest BCUT2D eigenvalue weighted by Crippen LogP contribution is 2.18. The van der Waals surface area contributed by atoms with Crippen molar-refractivity contribution < 1.29 is 9.21 Å². The summed E-state index contributed by atoms with van der Waals surface area (Å²) in [5.41, 5.74) is 2.73. The van der Waals surface area contributed by atoms with E-state index in [0.29, 0.717) is 43.3 Å². The topological polar surface area (TPSA) is 86.3 Å². The Morgan fingerprint density at radius 3 is 2.43 bits per heavy atom. The Morgan fingerprint density at radius 2 is 1.73 bits per heavy atom. The minimum absolute atomic E-state index is 0.118. The van der Waals surface area contributed by atoms with Gasteiger partial charge in [-0.1, -0.05) is 30.3 Å². The number of carbonyl (C=O) groups is 1. The van der Waals surface area contributed by atoms with Gasteiger partial charge in [-0.3, -0.25) is 9.69 Å². The number of hydrogen-bond acceptors (Lipinski definition) is 6. The standard InChI is InChI=1S/C23H23N5O2/c24-16-18-6-8-19(9-7-18)17-27-12-14-28(15-13-27)22(29)11-10-21-25-26-23(30-21)20-4-2-1-3-5-20/h1-9H,10-15,17H2. The molecule has 0 unspecified atom stereocenters. The lowest BCUT2D eigenvalue weighted by atomic mass is 10.1. The molecule has 3 aromatic rings. The maximum absolute atomic E-state index is 12.6. The Morgan fingerprint density at radius 1 is 1.00 bits per heavy atom. The van der Waals surface area contributed by atoms with Crippen molar-refractivity contribution >= 4 is 5.91 Å². The summed E-state index contributed by atoms with van der Waals surface area (Å²) in [7, 11) is 0. The largest absolute Gasteiger partial charge is 0.421 e. The van der Waals surface area contributed by atoms with E-state index in [1.54, 1.807) is 0 Å². The van der Waals surface area contributed by atoms with Crippen LogP contribution in [0.15, 0.2) is 59.0 Å². The van der Waals surface area contributed by atoms with Crippen LogP contribution >= 0.6 is 0 Å². The summed E-state index contributed by atoms with van der Waals surface area (Å²) >= 11 is 0. The monoisotopic (exact) mass is 401 g/mol. The van der Waals surface area contributed by atoms with E-state index in [9.17, 15) is 4.79 Å². The van der Waals surface area contributed by atoms with E-state index < -0.39 is 0 Å². The third kappa shape index (κ3) is 4.91. The summed E-state index contributed by atoms with van der Waals surface area (Å²) in [5, 5.41) is 17.0. The molecule has 1 amide bonds. The Balaban J connectivity index is 1.23. The summed E-state index contributed by atoms with van der Waals surface area (Å²) in [6, 6.07) is 19.4. The summed E-state index contributed by atoms with van der Waals surface area (Å²) < 4.78 is 5.69. The summed E-state index contributed by atoms with van der Waals surface area (Å²) in [6.45, 7) is 3.94. The van der Waals surface area contributed by atoms with E-state index >= 15 is 0 Å². The van der Waals surface area contributed by atoms with Crippen molar-refractivity contribution in [2.45, 2.75) is 19.4 Å². The molecule has 2 aromatic carbocycles. The molecule has 4 rings (SSSR count). The van der Waals surface area contributed by atoms with Gasteiger partial charge in [-0.15, -0.1) is 10.2 Å². The van der Waals surface area contributed by atoms with Crippen molar-refractivity contribution in [1.29, 1.82) is 5.26 Å². The van der Waals surface area contributed by atoms with Crippen LogP contribution in [-0.4, -0.2) is 52.1 Å². The molecule has 1 aliphatic rings. The van der Waals surface area contributed by atoms with Crippen molar-refractivity contribution in [3.8, 4) is 17.5 Å². The Kier molecular flexibility index (Phi) is 6.16. The lowest BCUT2D eigenvalue weighted by molar-refractivity contribution is -0.133. The van der Waals surface area contributed by atoms with Crippen LogP contribution in [0, 0.1) is 11.3 Å². The first-order valence-electron chi connectivity index (χ1n) is 10.1. The molecule has 7 nitrogen and oxygen atoms in total. The fraction of sp³-hybridized carbons (Fsp3) is 0.304. The highest BCUT2D eigenvalue weighted by Gasteiger charge is 2.21. The lowest BCUT2D eigenvalue weighted by Crippen LogP contribution is -2.48. The average molecular weight is 401 g/mol. The van der Waals surface area contributed by atoms with Gasteiger partial charge >= 0.3 is 0 Å². The molecule has 0 saturated carbocycles. The summed E-state index contributed by atoms with van der Waals surface area (Å²) in [5.74, 6) is 1.09. The van der Waals surface area contributed by atoms with Crippen LogP contribution in [0.25, 0.3) is 11.5 Å². The van der Waals surface area contributed by atoms with Crippen LogP contribution < -0.4 is 0 Å². The average Bonchev–Trinajstić information content (AvgIpc) is 3.28. The molecule has 152 valence electrons. The predicted octanol–water partition coefficient (Wildman–Crippen LogP) is 2.89. The molecule has 1 aromatic heterocycles. The second-order valence-electron chi connectivity index (χ2n) is 7.33. The molecule has 1 fully saturated rings. The molecule has 1 saturated heterocycles. The fourth-order valence-corrected chi connectivity index (χ4v) is 3.52. The van der Waals surface area contributed by atoms with Crippen molar-refractivity contribution in [2.24, 2.45) is 0 Å². The van der Waals surface area contributed by atoms with Gasteiger partial charge in [-0.25, -0.2) is 0 Å². The zero-order valence-corrected chi connectivity index (χ0v) is 16.7. The molecule has 0 spiro atoms. The van der Waals surface area contributed by atoms with Gasteiger partial charge in [0, 0.05) is 51.1 Å². The van der Waals surface area contributed by atoms with Crippen LogP contribution in [0.1, 0.15) is 23.4 Å². The smallest absolute Gasteiger partial charge is 0.247 e. The number of nitrogens with zero attached hydrogens (tertiary/aromatic N) is 5. The number of hydrogen-bond donors (Lipinski definition) is 0. The number of aryl methyl sites for hydroxylation is 1. The first-order chi connectivity index (χ1) is 14.7. The van der Waals surface area contributed by atoms with Gasteiger partial charge in [0.15, 0.2) is 0 Å². The number of benzene rings is 2. The Labute approximate surface area is 175 Å². The molecule has 0 radical (unpaired) electrons. The molecule has 1 aliphatic heterocycles. The predicted molar refractivity (Wildman–Crippen MR) is 111 cm³/mol. The van der Waals surface area contributed by atoms with E-state index in [1.807, 2.05) is 59.5 Å². The van der Waals surface area contributed by atoms with Crippen LogP contribution in [-0.2, 0) is 17.8 Å². The molecule has 2 heterocycles. The van der Waals surface area contributed by atoms with Crippen LogP contribution in [0.3, 0.4) is 0 Å². The molecule has 0 atom stereocenters. The Hall–Kier alpha value is -3.50. The second kappa shape index (κ2) is 9.33. The second-order valence-corrected chi connectivity index (χ2v) is 7.33. The number of carbonyl (C=O) groups excluding carboxylic acids is 1. The highest BCUT2D eigenvalue weighted by molar-refractivity contribution is 5.76. The Bertz CT molecular complexity index is 1020. The highest BCUT2D eigenvalue weighted by atomic mass is 16.4. The van der Waals surface area contributed by atoms with Gasteiger partial charge < -0.3 is 9.32 Å². The van der Waals surface area contributed by atoms with E-state index in [2.05, 4.69) is 21.2 Å². The van der Waals surface area contributed by atoms with Crippen molar-refractivity contribution in [3.05, 3.63) is 71.6 Å². The molecule has 0 N–H and O–H groups in total. The van der Waals surface area contributed by atoms with Gasteiger partial charge in [0.1, 0.15) is 0 Å². The molecule has 0 bridgehead atoms. The summed E-state index contributed by atoms with van der Waals surface area (Å²) in [4.78, 5) is 16.8. The van der Waals surface area contributed by atoms with Crippen LogP contribution in [0.5, 0.6) is 0 Å². The van der Waals surface area contributed by atoms with E-state index in [1.165, 1.54) is 5.56 Å². The number of amides is 1. The number of aromatic nitrogens is 2. The van der Waals surface area contributed by atoms with Crippen LogP contribution in [0.4, 0.5) is 0 Å². The molecular formula is C23H23N5O2. The molecule has 30 heavy (non-hydrogen) atoms. The number of rotatable bonds is 6. The lowest BCUT2D eigenvalue weighted by Gasteiger charge is -2.34. The van der Waals surface area contributed by atoms with E-state index in [0.717, 1.165) is 25.2 Å². The summed E-state index contributed by atoms with van der Waals surface area (Å²) in [6.07, 6.45) is 0.816. The van der Waals surface area contributed by atoms with Crippen molar-refractivity contribution in [1.82, 2.24) is 20.0 Å². The molecule has 7 heteroatoms. The minimum atomic E-state index is 0.118. The normalized spacial score (nSPS) is 14.4. The zero-order chi connectivity index (χ0) is 20.8. The minimum Gasteiger partial charge on any atom is -0.421 e. The van der Waals surface area contributed by atoms with Gasteiger partial charge in [0.2, 0.25) is 17.7 Å². The maximum atomic E-state index is 12.6. The van der Waals surface area contributed by atoms with Gasteiger partial charge in [0.05, 0.1) is 11.6 Å². The number of nitriles is 1.